The summed E-state index contributed by atoms with van der Waals surface area (Å²) < 4.78 is 11.0. The van der Waals surface area contributed by atoms with Crippen molar-refractivity contribution in [3.63, 3.8) is 0 Å². The van der Waals surface area contributed by atoms with Crippen molar-refractivity contribution in [1.82, 2.24) is 0 Å². The fourth-order valence-electron chi connectivity index (χ4n) is 6.50. The van der Waals surface area contributed by atoms with Crippen LogP contribution >= 0.6 is 0 Å². The van der Waals surface area contributed by atoms with E-state index in [2.05, 4.69) is 6.92 Å². The van der Waals surface area contributed by atoms with Crippen LogP contribution in [0.2, 0.25) is 0 Å². The van der Waals surface area contributed by atoms with Gasteiger partial charge in [-0.2, -0.15) is 0 Å². The first-order valence-electron chi connectivity index (χ1n) is 17.7. The van der Waals surface area contributed by atoms with E-state index in [0.29, 0.717) is 63.4 Å². The Morgan fingerprint density at radius 3 is 1.98 bits per heavy atom. The zero-order valence-corrected chi connectivity index (χ0v) is 27.5. The second-order valence-electron chi connectivity index (χ2n) is 13.5. The van der Waals surface area contributed by atoms with Crippen LogP contribution in [0, 0.1) is 0 Å². The van der Waals surface area contributed by atoms with E-state index in [1.807, 2.05) is 0 Å². The smallest absolute Gasteiger partial charge is 0.334 e. The molecule has 0 aliphatic carbocycles. The number of hydrogen-bond acceptors (Lipinski definition) is 9. The third kappa shape index (κ3) is 16.5. The highest BCUT2D eigenvalue weighted by Crippen LogP contribution is 2.29. The zero-order valence-electron chi connectivity index (χ0n) is 27.5. The molecule has 9 heteroatoms. The molecule has 0 saturated carbocycles. The lowest BCUT2D eigenvalue weighted by Crippen LogP contribution is -2.31. The van der Waals surface area contributed by atoms with Crippen molar-refractivity contribution in [3.05, 3.63) is 11.6 Å². The Kier molecular flexibility index (Phi) is 20.0. The van der Waals surface area contributed by atoms with Crippen molar-refractivity contribution in [2.24, 2.45) is 0 Å². The van der Waals surface area contributed by atoms with Crippen LogP contribution in [0.15, 0.2) is 11.6 Å². The van der Waals surface area contributed by atoms with Gasteiger partial charge in [-0.1, -0.05) is 71.1 Å². The van der Waals surface area contributed by atoms with Gasteiger partial charge in [-0.15, -0.1) is 0 Å². The molecule has 44 heavy (non-hydrogen) atoms. The Labute approximate surface area is 266 Å². The van der Waals surface area contributed by atoms with Crippen LogP contribution in [0.3, 0.4) is 0 Å². The Bertz CT molecular complexity index is 790. The Hall–Kier alpha value is -1.07. The topological polar surface area (TPSA) is 157 Å². The Morgan fingerprint density at radius 2 is 1.34 bits per heavy atom. The van der Waals surface area contributed by atoms with Crippen LogP contribution in [0.25, 0.3) is 0 Å². The maximum absolute atomic E-state index is 11.7. The van der Waals surface area contributed by atoms with E-state index in [-0.39, 0.29) is 37.1 Å². The molecular weight excluding hydrogens is 564 g/mol. The monoisotopic (exact) mass is 628 g/mol. The summed E-state index contributed by atoms with van der Waals surface area (Å²) in [6.07, 6.45) is 13.6. The van der Waals surface area contributed by atoms with E-state index < -0.39 is 36.6 Å². The lowest BCUT2D eigenvalue weighted by Gasteiger charge is -2.23. The SMILES string of the molecule is CCCCCCCCCCCC[C@@H](O)[C@@H](O)CC[C@H](O)[C@@H]1CC[C@@H](C[C@@H](O)C[C@@H](O)CCC[C@@H](O)CC2=C[C@H](C)OC2=O)O1. The molecule has 258 valence electrons. The minimum absolute atomic E-state index is 0.202. The second kappa shape index (κ2) is 22.5. The number of aliphatic hydroxyl groups is 6. The lowest BCUT2D eigenvalue weighted by atomic mass is 9.97. The van der Waals surface area contributed by atoms with Gasteiger partial charge in [0.2, 0.25) is 0 Å². The molecule has 2 heterocycles. The number of unbranched alkanes of at least 4 members (excludes halogenated alkanes) is 9. The van der Waals surface area contributed by atoms with Gasteiger partial charge in [0, 0.05) is 12.0 Å². The van der Waals surface area contributed by atoms with Gasteiger partial charge < -0.3 is 40.1 Å². The predicted molar refractivity (Wildman–Crippen MR) is 171 cm³/mol. The summed E-state index contributed by atoms with van der Waals surface area (Å²) in [6, 6.07) is 0. The first kappa shape index (κ1) is 39.1. The second-order valence-corrected chi connectivity index (χ2v) is 13.5. The number of ether oxygens (including phenoxy) is 2. The highest BCUT2D eigenvalue weighted by atomic mass is 16.5. The lowest BCUT2D eigenvalue weighted by molar-refractivity contribution is -0.139. The number of esters is 1. The predicted octanol–water partition coefficient (Wildman–Crippen LogP) is 5.00. The molecule has 2 aliphatic rings. The summed E-state index contributed by atoms with van der Waals surface area (Å²) in [5, 5.41) is 62.4. The summed E-state index contributed by atoms with van der Waals surface area (Å²) in [5.74, 6) is -0.380. The molecule has 0 aromatic carbocycles. The molecule has 2 rings (SSSR count). The van der Waals surface area contributed by atoms with Crippen LogP contribution in [0.1, 0.15) is 149 Å². The largest absolute Gasteiger partial charge is 0.455 e. The van der Waals surface area contributed by atoms with Crippen LogP contribution < -0.4 is 0 Å². The molecule has 9 atom stereocenters. The normalized spacial score (nSPS) is 24.5. The summed E-state index contributed by atoms with van der Waals surface area (Å²) in [4.78, 5) is 11.7. The van der Waals surface area contributed by atoms with Crippen molar-refractivity contribution < 1.29 is 44.9 Å². The molecule has 6 N–H and O–H groups in total. The number of rotatable bonds is 26. The van der Waals surface area contributed by atoms with Gasteiger partial charge in [0.1, 0.15) is 6.10 Å². The Balaban J connectivity index is 1.50. The highest BCUT2D eigenvalue weighted by Gasteiger charge is 2.33. The third-order valence-electron chi connectivity index (χ3n) is 9.23. The fourth-order valence-corrected chi connectivity index (χ4v) is 6.50. The van der Waals surface area contributed by atoms with E-state index in [0.717, 1.165) is 12.8 Å². The summed E-state index contributed by atoms with van der Waals surface area (Å²) >= 11 is 0. The quantitative estimate of drug-likeness (QED) is 0.0573. The van der Waals surface area contributed by atoms with Crippen LogP contribution in [-0.4, -0.2) is 91.5 Å². The van der Waals surface area contributed by atoms with Crippen LogP contribution in [-0.2, 0) is 14.3 Å². The molecule has 0 amide bonds. The van der Waals surface area contributed by atoms with Crippen molar-refractivity contribution in [2.45, 2.75) is 204 Å². The maximum atomic E-state index is 11.7. The van der Waals surface area contributed by atoms with E-state index in [1.165, 1.54) is 51.4 Å². The molecule has 2 aliphatic heterocycles. The van der Waals surface area contributed by atoms with Crippen molar-refractivity contribution in [1.29, 1.82) is 0 Å². The van der Waals surface area contributed by atoms with Gasteiger partial charge in [0.25, 0.3) is 0 Å². The first-order chi connectivity index (χ1) is 21.1. The number of cyclic esters (lactones) is 1. The minimum Gasteiger partial charge on any atom is -0.455 e. The van der Waals surface area contributed by atoms with E-state index in [9.17, 15) is 35.4 Å². The number of aliphatic hydroxyl groups excluding tert-OH is 6. The summed E-state index contributed by atoms with van der Waals surface area (Å²) in [7, 11) is 0. The van der Waals surface area contributed by atoms with Gasteiger partial charge in [-0.3, -0.25) is 0 Å². The molecule has 0 spiro atoms. The van der Waals surface area contributed by atoms with Crippen molar-refractivity contribution >= 4 is 5.97 Å². The molecule has 1 fully saturated rings. The van der Waals surface area contributed by atoms with Crippen LogP contribution in [0.4, 0.5) is 0 Å². The number of carbonyl (C=O) groups is 1. The molecule has 0 bridgehead atoms. The molecule has 0 unspecified atom stereocenters. The summed E-state index contributed by atoms with van der Waals surface area (Å²) in [6.45, 7) is 4.01. The van der Waals surface area contributed by atoms with Gasteiger partial charge in [0.15, 0.2) is 0 Å². The first-order valence-corrected chi connectivity index (χ1v) is 17.7. The highest BCUT2D eigenvalue weighted by molar-refractivity contribution is 5.90. The Morgan fingerprint density at radius 1 is 0.727 bits per heavy atom. The standard InChI is InChI=1S/C35H64O9/c1-3-4-5-6-7-8-9-10-11-12-16-31(39)32(40)18-19-33(41)34-20-17-30(44-34)24-29(38)23-28(37)15-13-14-27(36)22-26-21-25(2)43-35(26)42/h21,25,27-34,36-41H,3-20,22-24H2,1-2H3/t25-,27+,28-,29-,30-,31+,32-,33-,34-/m0/s1. The van der Waals surface area contributed by atoms with Crippen molar-refractivity contribution in [3.8, 4) is 0 Å². The fraction of sp³-hybridized carbons (Fsp3) is 0.914. The number of carbonyl (C=O) groups excluding carboxylic acids is 1. The molecule has 1 saturated heterocycles. The van der Waals surface area contributed by atoms with E-state index >= 15 is 0 Å². The minimum atomic E-state index is -0.857. The molecule has 9 nitrogen and oxygen atoms in total. The maximum Gasteiger partial charge on any atom is 0.334 e. The zero-order chi connectivity index (χ0) is 32.3. The molecular formula is C35H64O9. The van der Waals surface area contributed by atoms with Crippen molar-refractivity contribution in [2.75, 3.05) is 0 Å². The number of hydrogen-bond donors (Lipinski definition) is 6. The average molecular weight is 629 g/mol. The van der Waals surface area contributed by atoms with Crippen LogP contribution in [0.5, 0.6) is 0 Å². The summed E-state index contributed by atoms with van der Waals surface area (Å²) in [5.41, 5.74) is 0.495. The van der Waals surface area contributed by atoms with E-state index in [1.54, 1.807) is 13.0 Å². The molecule has 0 aromatic heterocycles. The molecule has 0 radical (unpaired) electrons. The average Bonchev–Trinajstić information content (AvgIpc) is 3.57. The molecule has 0 aromatic rings. The van der Waals surface area contributed by atoms with Gasteiger partial charge in [0.05, 0.1) is 48.8 Å². The third-order valence-corrected chi connectivity index (χ3v) is 9.23. The van der Waals surface area contributed by atoms with Gasteiger partial charge in [-0.05, 0) is 77.2 Å². The van der Waals surface area contributed by atoms with E-state index in [4.69, 9.17) is 9.47 Å². The van der Waals surface area contributed by atoms with Gasteiger partial charge in [-0.25, -0.2) is 4.79 Å². The van der Waals surface area contributed by atoms with Gasteiger partial charge >= 0.3 is 5.97 Å².